The summed E-state index contributed by atoms with van der Waals surface area (Å²) in [5.41, 5.74) is -1.52. The summed E-state index contributed by atoms with van der Waals surface area (Å²) < 4.78 is 23.5. The van der Waals surface area contributed by atoms with Crippen LogP contribution in [0.2, 0.25) is 0 Å². The lowest BCUT2D eigenvalue weighted by Gasteiger charge is -2.06. The Labute approximate surface area is 113 Å². The number of hydrogen-bond acceptors (Lipinski definition) is 7. The van der Waals surface area contributed by atoms with Gasteiger partial charge in [-0.3, -0.25) is 25.1 Å². The molecule has 0 aliphatic carbocycles. The van der Waals surface area contributed by atoms with E-state index in [1.165, 1.54) is 6.08 Å². The number of nitrogens with one attached hydrogen (secondary N) is 1. The van der Waals surface area contributed by atoms with Crippen molar-refractivity contribution in [1.82, 2.24) is 4.89 Å². The molecule has 0 saturated carbocycles. The predicted octanol–water partition coefficient (Wildman–Crippen LogP) is 0.899. The molecule has 0 amide bonds. The highest BCUT2D eigenvalue weighted by Gasteiger charge is 2.28. The standard InChI is InChI=1S/C9H9N3O7S/c1-2-5-19-10-20(17,18)9-4-3-7(11(13)14)6-8(9)12(15)16/h2-4,6,10H,1,5H2. The first kappa shape index (κ1) is 15.7. The molecule has 0 heterocycles. The van der Waals surface area contributed by atoms with Gasteiger partial charge in [0.15, 0.2) is 4.90 Å². The summed E-state index contributed by atoms with van der Waals surface area (Å²) in [6.45, 7) is 3.13. The second-order valence-corrected chi connectivity index (χ2v) is 4.97. The van der Waals surface area contributed by atoms with Crippen molar-refractivity contribution in [3.8, 4) is 0 Å². The first-order chi connectivity index (χ1) is 9.29. The third kappa shape index (κ3) is 3.57. The second kappa shape index (κ2) is 6.18. The van der Waals surface area contributed by atoms with Crippen molar-refractivity contribution in [2.24, 2.45) is 0 Å². The van der Waals surface area contributed by atoms with E-state index < -0.39 is 36.1 Å². The lowest BCUT2D eigenvalue weighted by Crippen LogP contribution is -2.25. The maximum atomic E-state index is 11.8. The Morgan fingerprint density at radius 3 is 2.45 bits per heavy atom. The zero-order valence-electron chi connectivity index (χ0n) is 9.88. The number of nitro groups is 2. The van der Waals surface area contributed by atoms with Crippen molar-refractivity contribution >= 4 is 21.4 Å². The van der Waals surface area contributed by atoms with Crippen molar-refractivity contribution in [3.63, 3.8) is 0 Å². The third-order valence-electron chi connectivity index (χ3n) is 2.01. The van der Waals surface area contributed by atoms with E-state index in [1.54, 1.807) is 4.89 Å². The number of nitro benzene ring substituents is 2. The number of nitrogens with zero attached hydrogens (tertiary/aromatic N) is 2. The average Bonchev–Trinajstić information content (AvgIpc) is 2.38. The lowest BCUT2D eigenvalue weighted by molar-refractivity contribution is -0.396. The molecule has 108 valence electrons. The highest BCUT2D eigenvalue weighted by atomic mass is 32.2. The minimum atomic E-state index is -4.33. The Hall–Kier alpha value is -2.37. The molecule has 10 nitrogen and oxygen atoms in total. The predicted molar refractivity (Wildman–Crippen MR) is 66.2 cm³/mol. The summed E-state index contributed by atoms with van der Waals surface area (Å²) in [4.78, 5) is 24.8. The Balaban J connectivity index is 3.26. The van der Waals surface area contributed by atoms with Gasteiger partial charge in [-0.15, -0.1) is 6.58 Å². The summed E-state index contributed by atoms with van der Waals surface area (Å²) in [6.07, 6.45) is 1.26. The second-order valence-electron chi connectivity index (χ2n) is 3.35. The lowest BCUT2D eigenvalue weighted by atomic mass is 10.3. The molecule has 0 aromatic heterocycles. The molecule has 0 radical (unpaired) electrons. The maximum Gasteiger partial charge on any atom is 0.296 e. The van der Waals surface area contributed by atoms with Gasteiger partial charge in [-0.1, -0.05) is 11.0 Å². The monoisotopic (exact) mass is 303 g/mol. The molecule has 0 atom stereocenters. The van der Waals surface area contributed by atoms with Gasteiger partial charge < -0.3 is 0 Å². The molecule has 11 heteroatoms. The van der Waals surface area contributed by atoms with Gasteiger partial charge in [0.2, 0.25) is 0 Å². The number of benzene rings is 1. The number of sulfonamides is 1. The molecule has 0 saturated heterocycles. The van der Waals surface area contributed by atoms with Crippen LogP contribution in [-0.4, -0.2) is 24.9 Å². The summed E-state index contributed by atoms with van der Waals surface area (Å²) in [5, 5.41) is 21.3. The van der Waals surface area contributed by atoms with Gasteiger partial charge in [-0.25, -0.2) is 8.42 Å². The van der Waals surface area contributed by atoms with Crippen LogP contribution in [0.1, 0.15) is 0 Å². The fourth-order valence-corrected chi connectivity index (χ4v) is 2.17. The van der Waals surface area contributed by atoms with E-state index in [9.17, 15) is 28.6 Å². The summed E-state index contributed by atoms with van der Waals surface area (Å²) in [5.74, 6) is 0. The quantitative estimate of drug-likeness (QED) is 0.341. The van der Waals surface area contributed by atoms with Gasteiger partial charge >= 0.3 is 0 Å². The van der Waals surface area contributed by atoms with Gasteiger partial charge in [0, 0.05) is 6.07 Å². The fourth-order valence-electron chi connectivity index (χ4n) is 1.20. The number of non-ortho nitro benzene ring substituents is 1. The Morgan fingerprint density at radius 2 is 1.95 bits per heavy atom. The van der Waals surface area contributed by atoms with Gasteiger partial charge in [-0.05, 0) is 6.07 Å². The van der Waals surface area contributed by atoms with Crippen molar-refractivity contribution in [3.05, 3.63) is 51.1 Å². The van der Waals surface area contributed by atoms with Crippen LogP contribution in [-0.2, 0) is 14.9 Å². The van der Waals surface area contributed by atoms with Crippen LogP contribution in [0.25, 0.3) is 0 Å². The molecule has 0 bridgehead atoms. The van der Waals surface area contributed by atoms with Crippen LogP contribution in [0.5, 0.6) is 0 Å². The number of hydrogen-bond donors (Lipinski definition) is 1. The zero-order chi connectivity index (χ0) is 15.3. The van der Waals surface area contributed by atoms with E-state index in [-0.39, 0.29) is 6.61 Å². The van der Waals surface area contributed by atoms with Gasteiger partial charge in [0.25, 0.3) is 21.4 Å². The molecular weight excluding hydrogens is 294 g/mol. The molecule has 1 N–H and O–H groups in total. The molecule has 0 fully saturated rings. The highest BCUT2D eigenvalue weighted by Crippen LogP contribution is 2.28. The van der Waals surface area contributed by atoms with Crippen LogP contribution in [0, 0.1) is 20.2 Å². The van der Waals surface area contributed by atoms with Crippen LogP contribution >= 0.6 is 0 Å². The molecule has 0 unspecified atom stereocenters. The maximum absolute atomic E-state index is 11.8. The molecule has 20 heavy (non-hydrogen) atoms. The van der Waals surface area contributed by atoms with E-state index >= 15 is 0 Å². The van der Waals surface area contributed by atoms with E-state index in [0.29, 0.717) is 6.07 Å². The van der Waals surface area contributed by atoms with Crippen molar-refractivity contribution in [1.29, 1.82) is 0 Å². The normalized spacial score (nSPS) is 11.0. The first-order valence-electron chi connectivity index (χ1n) is 4.97. The summed E-state index contributed by atoms with van der Waals surface area (Å²) >= 11 is 0. The largest absolute Gasteiger partial charge is 0.296 e. The van der Waals surface area contributed by atoms with Gasteiger partial charge in [0.05, 0.1) is 22.5 Å². The third-order valence-corrected chi connectivity index (χ3v) is 3.27. The Morgan fingerprint density at radius 1 is 1.30 bits per heavy atom. The smallest absolute Gasteiger partial charge is 0.283 e. The molecule has 1 aromatic rings. The topological polar surface area (TPSA) is 142 Å². The first-order valence-corrected chi connectivity index (χ1v) is 6.45. The Bertz CT molecular complexity index is 656. The minimum Gasteiger partial charge on any atom is -0.283 e. The van der Waals surface area contributed by atoms with E-state index in [1.807, 2.05) is 0 Å². The molecule has 0 aliphatic rings. The van der Waals surface area contributed by atoms with Gasteiger partial charge in [0.1, 0.15) is 0 Å². The van der Waals surface area contributed by atoms with Gasteiger partial charge in [-0.2, -0.15) is 0 Å². The van der Waals surface area contributed by atoms with Crippen LogP contribution < -0.4 is 4.89 Å². The van der Waals surface area contributed by atoms with E-state index in [0.717, 1.165) is 12.1 Å². The average molecular weight is 303 g/mol. The van der Waals surface area contributed by atoms with E-state index in [2.05, 4.69) is 11.4 Å². The highest BCUT2D eigenvalue weighted by molar-refractivity contribution is 7.89. The SMILES string of the molecule is C=CCONS(=O)(=O)c1ccc([N+](=O)[O-])cc1[N+](=O)[O-]. The van der Waals surface area contributed by atoms with Crippen molar-refractivity contribution in [2.75, 3.05) is 6.61 Å². The minimum absolute atomic E-state index is 0.153. The summed E-state index contributed by atoms with van der Waals surface area (Å²) in [6, 6.07) is 2.16. The number of rotatable bonds is 7. The molecular formula is C9H9N3O7S. The van der Waals surface area contributed by atoms with Crippen LogP contribution in [0.3, 0.4) is 0 Å². The summed E-state index contributed by atoms with van der Waals surface area (Å²) in [7, 11) is -4.33. The zero-order valence-corrected chi connectivity index (χ0v) is 10.7. The molecule has 1 rings (SSSR count). The Kier molecular flexibility index (Phi) is 4.85. The molecule has 0 aliphatic heterocycles. The van der Waals surface area contributed by atoms with Crippen LogP contribution in [0.15, 0.2) is 35.7 Å². The van der Waals surface area contributed by atoms with Crippen molar-refractivity contribution in [2.45, 2.75) is 4.90 Å². The van der Waals surface area contributed by atoms with Crippen LogP contribution in [0.4, 0.5) is 11.4 Å². The molecule has 1 aromatic carbocycles. The fraction of sp³-hybridized carbons (Fsp3) is 0.111. The van der Waals surface area contributed by atoms with Crippen molar-refractivity contribution < 1.29 is 23.1 Å². The van der Waals surface area contributed by atoms with E-state index in [4.69, 9.17) is 0 Å². The molecule has 0 spiro atoms.